The number of ether oxygens (including phenoxy) is 2. The molecule has 0 bridgehead atoms. The van der Waals surface area contributed by atoms with Gasteiger partial charge in [-0.3, -0.25) is 4.79 Å². The summed E-state index contributed by atoms with van der Waals surface area (Å²) in [6.07, 6.45) is 1.58. The molecule has 6 nitrogen and oxygen atoms in total. The van der Waals surface area contributed by atoms with Gasteiger partial charge in [-0.05, 0) is 65.3 Å². The number of nitrogens with zero attached hydrogens (tertiary/aromatic N) is 3. The van der Waals surface area contributed by atoms with Crippen LogP contribution in [0.1, 0.15) is 17.0 Å². The van der Waals surface area contributed by atoms with Crippen LogP contribution in [0.25, 0.3) is 10.9 Å². The van der Waals surface area contributed by atoms with Crippen LogP contribution in [0, 0.1) is 6.92 Å². The van der Waals surface area contributed by atoms with Crippen molar-refractivity contribution in [3.8, 4) is 11.5 Å². The van der Waals surface area contributed by atoms with Gasteiger partial charge in [0.15, 0.2) is 11.5 Å². The van der Waals surface area contributed by atoms with E-state index in [1.165, 1.54) is 4.68 Å². The Bertz CT molecular complexity index is 1490. The Morgan fingerprint density at radius 1 is 0.971 bits per heavy atom. The van der Waals surface area contributed by atoms with Crippen LogP contribution in [0.5, 0.6) is 11.5 Å². The van der Waals surface area contributed by atoms with E-state index in [2.05, 4.69) is 73.8 Å². The molecule has 10 heteroatoms. The number of rotatable bonds is 6. The van der Waals surface area contributed by atoms with E-state index >= 15 is 0 Å². The predicted molar refractivity (Wildman–Crippen MR) is 148 cm³/mol. The maximum absolute atomic E-state index is 13.0. The molecule has 3 aromatic carbocycles. The Morgan fingerprint density at radius 3 is 2.44 bits per heavy atom. The van der Waals surface area contributed by atoms with Crippen molar-refractivity contribution >= 4 is 80.8 Å². The van der Waals surface area contributed by atoms with Gasteiger partial charge in [0.25, 0.3) is 5.56 Å². The van der Waals surface area contributed by atoms with Gasteiger partial charge in [-0.15, -0.1) is 0 Å². The van der Waals surface area contributed by atoms with Gasteiger partial charge < -0.3 is 9.47 Å². The molecule has 174 valence electrons. The fourth-order valence-corrected chi connectivity index (χ4v) is 5.18. The molecule has 0 saturated carbocycles. The van der Waals surface area contributed by atoms with Gasteiger partial charge in [-0.2, -0.15) is 9.78 Å². The van der Waals surface area contributed by atoms with Crippen LogP contribution in [-0.4, -0.2) is 23.0 Å². The van der Waals surface area contributed by atoms with Crippen LogP contribution in [-0.2, 0) is 6.61 Å². The van der Waals surface area contributed by atoms with E-state index in [4.69, 9.17) is 9.47 Å². The Labute approximate surface area is 229 Å². The lowest BCUT2D eigenvalue weighted by Gasteiger charge is -2.13. The Balaban J connectivity index is 1.64. The van der Waals surface area contributed by atoms with E-state index in [0.717, 1.165) is 29.0 Å². The standard InChI is InChI=1S/C24H17Br4N3O3/c1-13-30-21-6-5-16(25)8-18(21)24(32)31(13)29-11-15-7-22(33-2)23(10-20(15)28)34-12-14-3-4-17(26)9-19(14)27/h3-11H,12H2,1-2H3. The molecule has 0 aliphatic carbocycles. The van der Waals surface area contributed by atoms with Crippen LogP contribution in [0.4, 0.5) is 0 Å². The lowest BCUT2D eigenvalue weighted by Crippen LogP contribution is -2.20. The smallest absolute Gasteiger partial charge is 0.282 e. The van der Waals surface area contributed by atoms with Crippen LogP contribution < -0.4 is 15.0 Å². The highest BCUT2D eigenvalue weighted by Gasteiger charge is 2.12. The lowest BCUT2D eigenvalue weighted by molar-refractivity contribution is 0.283. The first-order valence-corrected chi connectivity index (χ1v) is 13.1. The number of benzene rings is 3. The second kappa shape index (κ2) is 10.7. The van der Waals surface area contributed by atoms with E-state index in [0.29, 0.717) is 34.8 Å². The minimum Gasteiger partial charge on any atom is -0.493 e. The summed E-state index contributed by atoms with van der Waals surface area (Å²) in [4.78, 5) is 17.5. The molecule has 0 unspecified atom stereocenters. The third kappa shape index (κ3) is 5.45. The van der Waals surface area contributed by atoms with Gasteiger partial charge in [0.05, 0.1) is 24.2 Å². The summed E-state index contributed by atoms with van der Waals surface area (Å²) in [5.74, 6) is 1.61. The number of hydrogen-bond donors (Lipinski definition) is 0. The summed E-state index contributed by atoms with van der Waals surface area (Å²) in [7, 11) is 1.58. The predicted octanol–water partition coefficient (Wildman–Crippen LogP) is 7.22. The molecule has 4 rings (SSSR count). The zero-order valence-electron chi connectivity index (χ0n) is 18.0. The summed E-state index contributed by atoms with van der Waals surface area (Å²) < 4.78 is 16.3. The molecule has 0 amide bonds. The summed E-state index contributed by atoms with van der Waals surface area (Å²) >= 11 is 14.0. The van der Waals surface area contributed by atoms with Crippen molar-refractivity contribution in [2.75, 3.05) is 7.11 Å². The molecule has 0 aliphatic heterocycles. The third-order valence-corrected chi connectivity index (χ3v) is 7.38. The van der Waals surface area contributed by atoms with Crippen molar-refractivity contribution < 1.29 is 9.47 Å². The largest absolute Gasteiger partial charge is 0.493 e. The zero-order chi connectivity index (χ0) is 24.4. The van der Waals surface area contributed by atoms with Gasteiger partial charge in [0.1, 0.15) is 12.4 Å². The van der Waals surface area contributed by atoms with E-state index in [-0.39, 0.29) is 5.56 Å². The normalized spacial score (nSPS) is 11.4. The molecule has 4 aromatic rings. The fourth-order valence-electron chi connectivity index (χ4n) is 3.23. The van der Waals surface area contributed by atoms with Gasteiger partial charge in [0.2, 0.25) is 0 Å². The molecule has 0 fully saturated rings. The minimum absolute atomic E-state index is 0.247. The summed E-state index contributed by atoms with van der Waals surface area (Å²) in [5, 5.41) is 4.88. The summed E-state index contributed by atoms with van der Waals surface area (Å²) in [6, 6.07) is 14.9. The molecule has 0 spiro atoms. The van der Waals surface area contributed by atoms with Gasteiger partial charge in [0, 0.05) is 29.0 Å². The number of aromatic nitrogens is 2. The molecule has 0 aliphatic rings. The van der Waals surface area contributed by atoms with Crippen LogP contribution in [0.2, 0.25) is 0 Å². The average molecular weight is 715 g/mol. The van der Waals surface area contributed by atoms with Crippen molar-refractivity contribution in [1.82, 2.24) is 9.66 Å². The molecule has 0 radical (unpaired) electrons. The minimum atomic E-state index is -0.247. The maximum atomic E-state index is 13.0. The number of aryl methyl sites for hydroxylation is 1. The highest BCUT2D eigenvalue weighted by molar-refractivity contribution is 9.11. The summed E-state index contributed by atoms with van der Waals surface area (Å²) in [5.41, 5.74) is 2.09. The van der Waals surface area contributed by atoms with Crippen LogP contribution in [0.15, 0.2) is 76.3 Å². The molecule has 1 aromatic heterocycles. The Hall–Kier alpha value is -2.01. The first kappa shape index (κ1) is 25.1. The number of methoxy groups -OCH3 is 1. The first-order valence-electron chi connectivity index (χ1n) is 9.94. The molecular weight excluding hydrogens is 698 g/mol. The van der Waals surface area contributed by atoms with E-state index in [1.54, 1.807) is 38.4 Å². The van der Waals surface area contributed by atoms with Crippen LogP contribution >= 0.6 is 63.7 Å². The topological polar surface area (TPSA) is 65.7 Å². The van der Waals surface area contributed by atoms with Gasteiger partial charge in [-0.25, -0.2) is 4.98 Å². The number of fused-ring (bicyclic) bond motifs is 1. The quantitative estimate of drug-likeness (QED) is 0.198. The SMILES string of the molecule is COc1cc(C=Nn2c(C)nc3ccc(Br)cc3c2=O)c(Br)cc1OCc1ccc(Br)cc1Br. The molecule has 0 saturated heterocycles. The Kier molecular flexibility index (Phi) is 7.91. The number of hydrogen-bond acceptors (Lipinski definition) is 5. The average Bonchev–Trinajstić information content (AvgIpc) is 2.80. The van der Waals surface area contributed by atoms with Gasteiger partial charge in [-0.1, -0.05) is 53.9 Å². The van der Waals surface area contributed by atoms with Crippen molar-refractivity contribution in [3.05, 3.63) is 93.7 Å². The monoisotopic (exact) mass is 711 g/mol. The second-order valence-electron chi connectivity index (χ2n) is 7.23. The number of halogens is 4. The molecule has 34 heavy (non-hydrogen) atoms. The van der Waals surface area contributed by atoms with Gasteiger partial charge >= 0.3 is 0 Å². The third-order valence-electron chi connectivity index (χ3n) is 4.96. The molecular formula is C24H17Br4N3O3. The van der Waals surface area contributed by atoms with Crippen molar-refractivity contribution in [3.63, 3.8) is 0 Å². The summed E-state index contributed by atoms with van der Waals surface area (Å²) in [6.45, 7) is 2.10. The van der Waals surface area contributed by atoms with E-state index in [1.807, 2.05) is 30.3 Å². The van der Waals surface area contributed by atoms with Crippen molar-refractivity contribution in [1.29, 1.82) is 0 Å². The van der Waals surface area contributed by atoms with Crippen molar-refractivity contribution in [2.45, 2.75) is 13.5 Å². The molecule has 0 N–H and O–H groups in total. The van der Waals surface area contributed by atoms with Crippen LogP contribution in [0.3, 0.4) is 0 Å². The highest BCUT2D eigenvalue weighted by Crippen LogP contribution is 2.34. The zero-order valence-corrected chi connectivity index (χ0v) is 24.3. The molecule has 1 heterocycles. The second-order valence-corrected chi connectivity index (χ2v) is 10.8. The maximum Gasteiger partial charge on any atom is 0.282 e. The fraction of sp³-hybridized carbons (Fsp3) is 0.125. The van der Waals surface area contributed by atoms with Crippen molar-refractivity contribution in [2.24, 2.45) is 5.10 Å². The van der Waals surface area contributed by atoms with E-state index in [9.17, 15) is 4.79 Å². The van der Waals surface area contributed by atoms with E-state index < -0.39 is 0 Å². The first-order chi connectivity index (χ1) is 16.3. The highest BCUT2D eigenvalue weighted by atomic mass is 79.9. The lowest BCUT2D eigenvalue weighted by atomic mass is 10.2. The Morgan fingerprint density at radius 2 is 1.71 bits per heavy atom. The molecule has 0 atom stereocenters.